The fraction of sp³-hybridized carbons (Fsp3) is 0.600. The van der Waals surface area contributed by atoms with Crippen LogP contribution < -0.4 is 10.1 Å². The Morgan fingerprint density at radius 3 is 2.50 bits per heavy atom. The van der Waals surface area contributed by atoms with E-state index in [2.05, 4.69) is 5.32 Å². The summed E-state index contributed by atoms with van der Waals surface area (Å²) in [5.41, 5.74) is 0. The minimum absolute atomic E-state index is 0. The van der Waals surface area contributed by atoms with Crippen LogP contribution in [0.4, 0.5) is 0 Å². The normalized spacial score (nSPS) is 22.9. The van der Waals surface area contributed by atoms with Gasteiger partial charge in [0.15, 0.2) is 0 Å². The average Bonchev–Trinajstić information content (AvgIpc) is 2.48. The molecule has 0 saturated carbocycles. The Labute approximate surface area is 139 Å². The molecule has 0 spiro atoms. The molecule has 0 radical (unpaired) electrons. The fourth-order valence-corrected chi connectivity index (χ4v) is 4.11. The van der Waals surface area contributed by atoms with E-state index in [9.17, 15) is 8.42 Å². The maximum Gasteiger partial charge on any atom is 0.243 e. The van der Waals surface area contributed by atoms with Gasteiger partial charge in [-0.3, -0.25) is 0 Å². The Morgan fingerprint density at radius 1 is 1.27 bits per heavy atom. The van der Waals surface area contributed by atoms with Gasteiger partial charge < -0.3 is 10.1 Å². The molecular weight excluding hydrogens is 324 g/mol. The van der Waals surface area contributed by atoms with Crippen LogP contribution >= 0.6 is 12.4 Å². The predicted molar refractivity (Wildman–Crippen MR) is 90.3 cm³/mol. The number of halogens is 1. The highest BCUT2D eigenvalue weighted by Crippen LogP contribution is 2.23. The molecule has 1 heterocycles. The lowest BCUT2D eigenvalue weighted by atomic mass is 10.2. The molecule has 0 amide bonds. The van der Waals surface area contributed by atoms with Crippen LogP contribution in [0.5, 0.6) is 5.75 Å². The van der Waals surface area contributed by atoms with E-state index in [1.165, 1.54) is 0 Å². The average molecular weight is 349 g/mol. The Balaban J connectivity index is 0.00000242. The maximum absolute atomic E-state index is 12.7. The van der Waals surface area contributed by atoms with Gasteiger partial charge in [-0.15, -0.1) is 12.4 Å². The van der Waals surface area contributed by atoms with E-state index in [4.69, 9.17) is 4.74 Å². The molecule has 7 heteroatoms. The van der Waals surface area contributed by atoms with Crippen molar-refractivity contribution in [3.8, 4) is 5.75 Å². The maximum atomic E-state index is 12.7. The van der Waals surface area contributed by atoms with Crippen LogP contribution in [0.25, 0.3) is 0 Å². The first-order valence-corrected chi connectivity index (χ1v) is 8.87. The number of hydrogen-bond acceptors (Lipinski definition) is 4. The number of piperazine rings is 1. The second kappa shape index (κ2) is 8.15. The van der Waals surface area contributed by atoms with E-state index >= 15 is 0 Å². The van der Waals surface area contributed by atoms with E-state index in [0.717, 1.165) is 6.42 Å². The van der Waals surface area contributed by atoms with Gasteiger partial charge in [0, 0.05) is 25.2 Å². The summed E-state index contributed by atoms with van der Waals surface area (Å²) in [5, 5.41) is 3.29. The van der Waals surface area contributed by atoms with Gasteiger partial charge in [0.05, 0.1) is 11.5 Å². The molecule has 1 aromatic carbocycles. The number of rotatable bonds is 5. The smallest absolute Gasteiger partial charge is 0.243 e. The molecule has 0 aromatic heterocycles. The molecule has 5 nitrogen and oxygen atoms in total. The highest BCUT2D eigenvalue weighted by molar-refractivity contribution is 7.89. The summed E-state index contributed by atoms with van der Waals surface area (Å²) in [6, 6.07) is 6.82. The van der Waals surface area contributed by atoms with Crippen molar-refractivity contribution in [2.24, 2.45) is 0 Å². The summed E-state index contributed by atoms with van der Waals surface area (Å²) < 4.78 is 32.5. The van der Waals surface area contributed by atoms with Gasteiger partial charge in [-0.05, 0) is 44.5 Å². The predicted octanol–water partition coefficient (Wildman–Crippen LogP) is 2.27. The molecule has 126 valence electrons. The Hall–Kier alpha value is -0.820. The second-order valence-electron chi connectivity index (χ2n) is 5.55. The molecule has 2 rings (SSSR count). The van der Waals surface area contributed by atoms with Crippen molar-refractivity contribution < 1.29 is 13.2 Å². The zero-order valence-electron chi connectivity index (χ0n) is 13.3. The van der Waals surface area contributed by atoms with E-state index in [-0.39, 0.29) is 24.5 Å². The molecule has 1 N–H and O–H groups in total. The largest absolute Gasteiger partial charge is 0.494 e. The standard InChI is InChI=1S/C15H24N2O3S.ClH/c1-4-9-20-14-5-7-15(8-6-14)21(18,19)17-11-12(2)16-10-13(17)3;/h5-8,12-13,16H,4,9-11H2,1-3H3;1H. The highest BCUT2D eigenvalue weighted by Gasteiger charge is 2.33. The van der Waals surface area contributed by atoms with Crippen molar-refractivity contribution in [3.63, 3.8) is 0 Å². The molecule has 1 aliphatic rings. The molecule has 1 saturated heterocycles. The molecule has 0 aliphatic carbocycles. The summed E-state index contributed by atoms with van der Waals surface area (Å²) in [6.07, 6.45) is 0.927. The molecule has 1 fully saturated rings. The number of nitrogens with zero attached hydrogens (tertiary/aromatic N) is 1. The highest BCUT2D eigenvalue weighted by atomic mass is 35.5. The first-order valence-electron chi connectivity index (χ1n) is 7.43. The van der Waals surface area contributed by atoms with Crippen molar-refractivity contribution in [2.45, 2.75) is 44.2 Å². The number of sulfonamides is 1. The minimum Gasteiger partial charge on any atom is -0.494 e. The van der Waals surface area contributed by atoms with Crippen molar-refractivity contribution in [2.75, 3.05) is 19.7 Å². The van der Waals surface area contributed by atoms with Crippen LogP contribution in [0.3, 0.4) is 0 Å². The van der Waals surface area contributed by atoms with Crippen LogP contribution in [0, 0.1) is 0 Å². The lowest BCUT2D eigenvalue weighted by molar-refractivity contribution is 0.244. The van der Waals surface area contributed by atoms with Crippen molar-refractivity contribution >= 4 is 22.4 Å². The summed E-state index contributed by atoms with van der Waals surface area (Å²) in [6.45, 7) is 7.77. The molecule has 0 bridgehead atoms. The second-order valence-corrected chi connectivity index (χ2v) is 7.44. The SMILES string of the molecule is CCCOc1ccc(S(=O)(=O)N2CC(C)NCC2C)cc1.Cl. The van der Waals surface area contributed by atoms with Crippen LogP contribution in [0.15, 0.2) is 29.2 Å². The van der Waals surface area contributed by atoms with Crippen molar-refractivity contribution in [1.82, 2.24) is 9.62 Å². The van der Waals surface area contributed by atoms with Gasteiger partial charge in [0.2, 0.25) is 10.0 Å². The monoisotopic (exact) mass is 348 g/mol. The van der Waals surface area contributed by atoms with E-state index in [1.54, 1.807) is 28.6 Å². The van der Waals surface area contributed by atoms with Crippen LogP contribution in [0.2, 0.25) is 0 Å². The molecule has 2 unspecified atom stereocenters. The van der Waals surface area contributed by atoms with Gasteiger partial charge >= 0.3 is 0 Å². The van der Waals surface area contributed by atoms with Crippen molar-refractivity contribution in [3.05, 3.63) is 24.3 Å². The van der Waals surface area contributed by atoms with Gasteiger partial charge in [0.25, 0.3) is 0 Å². The Morgan fingerprint density at radius 2 is 1.91 bits per heavy atom. The summed E-state index contributed by atoms with van der Waals surface area (Å²) in [7, 11) is -3.44. The third kappa shape index (κ3) is 4.35. The summed E-state index contributed by atoms with van der Waals surface area (Å²) in [4.78, 5) is 0.326. The Kier molecular flexibility index (Phi) is 7.12. The van der Waals surface area contributed by atoms with Gasteiger partial charge in [-0.25, -0.2) is 8.42 Å². The van der Waals surface area contributed by atoms with E-state index < -0.39 is 10.0 Å². The number of benzene rings is 1. The molecular formula is C15H25ClN2O3S. The zero-order valence-corrected chi connectivity index (χ0v) is 14.9. The van der Waals surface area contributed by atoms with E-state index in [1.807, 2.05) is 20.8 Å². The topological polar surface area (TPSA) is 58.6 Å². The van der Waals surface area contributed by atoms with Gasteiger partial charge in [0.1, 0.15) is 5.75 Å². The molecule has 22 heavy (non-hydrogen) atoms. The first-order chi connectivity index (χ1) is 9.95. The van der Waals surface area contributed by atoms with Gasteiger partial charge in [-0.2, -0.15) is 4.31 Å². The lowest BCUT2D eigenvalue weighted by Crippen LogP contribution is -2.56. The van der Waals surface area contributed by atoms with E-state index in [0.29, 0.717) is 30.3 Å². The quantitative estimate of drug-likeness (QED) is 0.886. The van der Waals surface area contributed by atoms with Crippen molar-refractivity contribution in [1.29, 1.82) is 0 Å². The molecule has 1 aromatic rings. The number of ether oxygens (including phenoxy) is 1. The fourth-order valence-electron chi connectivity index (χ4n) is 2.39. The minimum atomic E-state index is -3.44. The van der Waals surface area contributed by atoms with Crippen LogP contribution in [0.1, 0.15) is 27.2 Å². The Bertz CT molecular complexity index is 563. The van der Waals surface area contributed by atoms with Crippen LogP contribution in [-0.2, 0) is 10.0 Å². The summed E-state index contributed by atoms with van der Waals surface area (Å²) >= 11 is 0. The van der Waals surface area contributed by atoms with Gasteiger partial charge in [-0.1, -0.05) is 6.92 Å². The first kappa shape index (κ1) is 19.2. The zero-order chi connectivity index (χ0) is 15.5. The van der Waals surface area contributed by atoms with Crippen LogP contribution in [-0.4, -0.2) is 44.5 Å². The number of hydrogen-bond donors (Lipinski definition) is 1. The molecule has 2 atom stereocenters. The third-order valence-electron chi connectivity index (χ3n) is 3.61. The number of nitrogens with one attached hydrogen (secondary N) is 1. The lowest BCUT2D eigenvalue weighted by Gasteiger charge is -2.36. The third-order valence-corrected chi connectivity index (χ3v) is 5.60. The molecule has 1 aliphatic heterocycles. The summed E-state index contributed by atoms with van der Waals surface area (Å²) in [5.74, 6) is 0.706.